The summed E-state index contributed by atoms with van der Waals surface area (Å²) in [5, 5.41) is 3.54. The molecule has 0 bridgehead atoms. The van der Waals surface area contributed by atoms with Gasteiger partial charge in [-0.2, -0.15) is 0 Å². The Balaban J connectivity index is 2.54. The molecule has 0 spiro atoms. The predicted octanol–water partition coefficient (Wildman–Crippen LogP) is 2.37. The lowest BCUT2D eigenvalue weighted by Gasteiger charge is -2.42. The fraction of sp³-hybridized carbons (Fsp3) is 1.00. The van der Waals surface area contributed by atoms with Gasteiger partial charge in [-0.1, -0.05) is 20.8 Å². The zero-order chi connectivity index (χ0) is 13.6. The lowest BCUT2D eigenvalue weighted by Crippen LogP contribution is -2.48. The van der Waals surface area contributed by atoms with Gasteiger partial charge in [0.1, 0.15) is 0 Å². The van der Waals surface area contributed by atoms with Crippen molar-refractivity contribution in [1.82, 2.24) is 10.2 Å². The third kappa shape index (κ3) is 4.52. The highest BCUT2D eigenvalue weighted by Crippen LogP contribution is 2.33. The quantitative estimate of drug-likeness (QED) is 0.757. The monoisotopic (exact) mass is 256 g/mol. The topological polar surface area (TPSA) is 24.5 Å². The van der Waals surface area contributed by atoms with Crippen LogP contribution in [-0.4, -0.2) is 50.8 Å². The second-order valence-corrected chi connectivity index (χ2v) is 6.40. The van der Waals surface area contributed by atoms with Gasteiger partial charge in [0.2, 0.25) is 0 Å². The third-order valence-corrected chi connectivity index (χ3v) is 4.45. The molecule has 1 N–H and O–H groups in total. The molecule has 1 rings (SSSR count). The molecule has 1 saturated heterocycles. The van der Waals surface area contributed by atoms with Crippen molar-refractivity contribution in [3.8, 4) is 0 Å². The van der Waals surface area contributed by atoms with Crippen LogP contribution < -0.4 is 5.32 Å². The van der Waals surface area contributed by atoms with Crippen molar-refractivity contribution in [2.75, 3.05) is 39.9 Å². The molecule has 1 heterocycles. The van der Waals surface area contributed by atoms with E-state index in [1.54, 1.807) is 7.11 Å². The Morgan fingerprint density at radius 1 is 1.44 bits per heavy atom. The minimum Gasteiger partial charge on any atom is -0.383 e. The summed E-state index contributed by atoms with van der Waals surface area (Å²) >= 11 is 0. The molecule has 0 aromatic rings. The van der Waals surface area contributed by atoms with E-state index >= 15 is 0 Å². The molecular weight excluding hydrogens is 224 g/mol. The maximum atomic E-state index is 5.29. The Morgan fingerprint density at radius 2 is 2.17 bits per heavy atom. The highest BCUT2D eigenvalue weighted by atomic mass is 16.5. The van der Waals surface area contributed by atoms with Crippen LogP contribution >= 0.6 is 0 Å². The van der Waals surface area contributed by atoms with Gasteiger partial charge in [-0.25, -0.2) is 0 Å². The van der Waals surface area contributed by atoms with Gasteiger partial charge in [0.25, 0.3) is 0 Å². The number of nitrogens with zero attached hydrogens (tertiary/aromatic N) is 1. The van der Waals surface area contributed by atoms with Gasteiger partial charge in [-0.3, -0.25) is 4.90 Å². The standard InChI is InChI=1S/C15H32N2O/c1-6-17(13(2)11-18-5)12-15(3,4)14-8-7-9-16-10-14/h13-14,16H,6-12H2,1-5H3. The Morgan fingerprint density at radius 3 is 2.67 bits per heavy atom. The van der Waals surface area contributed by atoms with Gasteiger partial charge >= 0.3 is 0 Å². The van der Waals surface area contributed by atoms with Gasteiger partial charge < -0.3 is 10.1 Å². The van der Waals surface area contributed by atoms with Crippen molar-refractivity contribution >= 4 is 0 Å². The molecule has 1 aliphatic rings. The van der Waals surface area contributed by atoms with Gasteiger partial charge in [0.05, 0.1) is 6.61 Å². The van der Waals surface area contributed by atoms with Crippen molar-refractivity contribution < 1.29 is 4.74 Å². The van der Waals surface area contributed by atoms with Crippen LogP contribution in [0.2, 0.25) is 0 Å². The van der Waals surface area contributed by atoms with Crippen molar-refractivity contribution in [2.45, 2.75) is 46.6 Å². The Hall–Kier alpha value is -0.120. The van der Waals surface area contributed by atoms with E-state index in [9.17, 15) is 0 Å². The zero-order valence-electron chi connectivity index (χ0n) is 13.0. The van der Waals surface area contributed by atoms with E-state index in [-0.39, 0.29) is 0 Å². The van der Waals surface area contributed by atoms with Crippen LogP contribution in [0, 0.1) is 11.3 Å². The van der Waals surface area contributed by atoms with E-state index in [2.05, 4.69) is 37.9 Å². The number of rotatable bonds is 7. The van der Waals surface area contributed by atoms with E-state index in [4.69, 9.17) is 4.74 Å². The summed E-state index contributed by atoms with van der Waals surface area (Å²) in [4.78, 5) is 2.55. The summed E-state index contributed by atoms with van der Waals surface area (Å²) in [6, 6.07) is 0.510. The fourth-order valence-electron chi connectivity index (χ4n) is 3.10. The number of likely N-dealkylation sites (N-methyl/N-ethyl adjacent to an activating group) is 1. The third-order valence-electron chi connectivity index (χ3n) is 4.45. The highest BCUT2D eigenvalue weighted by Gasteiger charge is 2.32. The molecule has 18 heavy (non-hydrogen) atoms. The molecule has 3 heteroatoms. The van der Waals surface area contributed by atoms with E-state index in [0.29, 0.717) is 11.5 Å². The van der Waals surface area contributed by atoms with E-state index in [1.165, 1.54) is 32.5 Å². The summed E-state index contributed by atoms with van der Waals surface area (Å²) in [5.41, 5.74) is 0.380. The van der Waals surface area contributed by atoms with Crippen LogP contribution in [0.5, 0.6) is 0 Å². The molecule has 0 saturated carbocycles. The molecule has 0 radical (unpaired) electrons. The summed E-state index contributed by atoms with van der Waals surface area (Å²) in [7, 11) is 1.79. The normalized spacial score (nSPS) is 23.3. The first-order chi connectivity index (χ1) is 8.51. The molecule has 0 aromatic carbocycles. The average Bonchev–Trinajstić information content (AvgIpc) is 2.37. The smallest absolute Gasteiger partial charge is 0.0615 e. The average molecular weight is 256 g/mol. The van der Waals surface area contributed by atoms with Crippen LogP contribution in [-0.2, 0) is 4.74 Å². The van der Waals surface area contributed by atoms with Gasteiger partial charge in [-0.05, 0) is 50.7 Å². The Kier molecular flexibility index (Phi) is 6.61. The second kappa shape index (κ2) is 7.46. The minimum atomic E-state index is 0.380. The Labute approximate surface area is 113 Å². The number of hydrogen-bond acceptors (Lipinski definition) is 3. The predicted molar refractivity (Wildman–Crippen MR) is 78.0 cm³/mol. The molecule has 2 unspecified atom stereocenters. The van der Waals surface area contributed by atoms with Gasteiger partial charge in [0, 0.05) is 19.7 Å². The SMILES string of the molecule is CCN(CC(C)(C)C1CCCNC1)C(C)COC. The zero-order valence-corrected chi connectivity index (χ0v) is 13.0. The number of methoxy groups -OCH3 is 1. The van der Waals surface area contributed by atoms with Crippen molar-refractivity contribution in [3.63, 3.8) is 0 Å². The summed E-state index contributed by atoms with van der Waals surface area (Å²) in [6.45, 7) is 14.8. The number of nitrogens with one attached hydrogen (secondary N) is 1. The molecule has 3 nitrogen and oxygen atoms in total. The van der Waals surface area contributed by atoms with Gasteiger partial charge in [-0.15, -0.1) is 0 Å². The van der Waals surface area contributed by atoms with Crippen LogP contribution in [0.15, 0.2) is 0 Å². The maximum absolute atomic E-state index is 5.29. The maximum Gasteiger partial charge on any atom is 0.0615 e. The summed E-state index contributed by atoms with van der Waals surface area (Å²) in [5.74, 6) is 0.801. The van der Waals surface area contributed by atoms with Crippen molar-refractivity contribution in [1.29, 1.82) is 0 Å². The van der Waals surface area contributed by atoms with E-state index < -0.39 is 0 Å². The van der Waals surface area contributed by atoms with Crippen LogP contribution in [0.1, 0.15) is 40.5 Å². The van der Waals surface area contributed by atoms with Crippen LogP contribution in [0.3, 0.4) is 0 Å². The molecule has 0 aliphatic carbocycles. The van der Waals surface area contributed by atoms with Gasteiger partial charge in [0.15, 0.2) is 0 Å². The Bertz CT molecular complexity index is 225. The number of hydrogen-bond donors (Lipinski definition) is 1. The molecule has 108 valence electrons. The van der Waals surface area contributed by atoms with Crippen LogP contribution in [0.25, 0.3) is 0 Å². The van der Waals surface area contributed by atoms with Crippen molar-refractivity contribution in [2.24, 2.45) is 11.3 Å². The second-order valence-electron chi connectivity index (χ2n) is 6.40. The fourth-order valence-corrected chi connectivity index (χ4v) is 3.10. The van der Waals surface area contributed by atoms with E-state index in [0.717, 1.165) is 19.1 Å². The molecule has 0 amide bonds. The number of ether oxygens (including phenoxy) is 1. The molecule has 1 fully saturated rings. The first-order valence-electron chi connectivity index (χ1n) is 7.45. The number of piperidine rings is 1. The summed E-state index contributed by atoms with van der Waals surface area (Å²) < 4.78 is 5.29. The lowest BCUT2D eigenvalue weighted by atomic mass is 9.74. The highest BCUT2D eigenvalue weighted by molar-refractivity contribution is 4.86. The molecule has 0 aromatic heterocycles. The van der Waals surface area contributed by atoms with Crippen molar-refractivity contribution in [3.05, 3.63) is 0 Å². The molecule has 1 aliphatic heterocycles. The first-order valence-corrected chi connectivity index (χ1v) is 7.45. The first kappa shape index (κ1) is 15.9. The molecule has 2 atom stereocenters. The largest absolute Gasteiger partial charge is 0.383 e. The van der Waals surface area contributed by atoms with Crippen LogP contribution in [0.4, 0.5) is 0 Å². The lowest BCUT2D eigenvalue weighted by molar-refractivity contribution is 0.0485. The molecular formula is C15H32N2O. The summed E-state index contributed by atoms with van der Waals surface area (Å²) in [6.07, 6.45) is 2.70. The minimum absolute atomic E-state index is 0.380. The van der Waals surface area contributed by atoms with E-state index in [1.807, 2.05) is 0 Å².